The highest BCUT2D eigenvalue weighted by Gasteiger charge is 2.32. The lowest BCUT2D eigenvalue weighted by Gasteiger charge is -2.39. The molecule has 2 aromatic carbocycles. The number of carbonyl (C=O) groups excluding carboxylic acids is 1. The molecule has 5 heteroatoms. The van der Waals surface area contributed by atoms with E-state index in [4.69, 9.17) is 0 Å². The van der Waals surface area contributed by atoms with Crippen molar-refractivity contribution in [1.29, 1.82) is 0 Å². The van der Waals surface area contributed by atoms with Gasteiger partial charge in [0, 0.05) is 25.1 Å². The van der Waals surface area contributed by atoms with Crippen LogP contribution in [-0.4, -0.2) is 38.9 Å². The van der Waals surface area contributed by atoms with Crippen molar-refractivity contribution in [3.05, 3.63) is 71.9 Å². The summed E-state index contributed by atoms with van der Waals surface area (Å²) in [6.07, 6.45) is 3.33. The van der Waals surface area contributed by atoms with E-state index >= 15 is 0 Å². The van der Waals surface area contributed by atoms with Crippen LogP contribution >= 0.6 is 0 Å². The van der Waals surface area contributed by atoms with Crippen molar-refractivity contribution in [3.8, 4) is 11.3 Å². The SMILES string of the molecule is Cc1ccccc1CCC(=O)N1CC(n2cc(-c3ccccc3)nn2)C1. The maximum Gasteiger partial charge on any atom is 0.223 e. The fourth-order valence-corrected chi connectivity index (χ4v) is 3.31. The van der Waals surface area contributed by atoms with E-state index < -0.39 is 0 Å². The summed E-state index contributed by atoms with van der Waals surface area (Å²) in [4.78, 5) is 14.3. The van der Waals surface area contributed by atoms with Crippen LogP contribution in [0.4, 0.5) is 0 Å². The Morgan fingerprint density at radius 3 is 2.58 bits per heavy atom. The highest BCUT2D eigenvalue weighted by Crippen LogP contribution is 2.24. The van der Waals surface area contributed by atoms with E-state index in [0.29, 0.717) is 19.5 Å². The number of amides is 1. The average molecular weight is 346 g/mol. The Morgan fingerprint density at radius 2 is 1.81 bits per heavy atom. The quantitative estimate of drug-likeness (QED) is 0.712. The molecule has 0 bridgehead atoms. The number of aryl methyl sites for hydroxylation is 2. The first kappa shape index (κ1) is 16.5. The van der Waals surface area contributed by atoms with Crippen LogP contribution in [0.1, 0.15) is 23.6 Å². The summed E-state index contributed by atoms with van der Waals surface area (Å²) in [5.41, 5.74) is 4.43. The molecule has 0 N–H and O–H groups in total. The largest absolute Gasteiger partial charge is 0.338 e. The van der Waals surface area contributed by atoms with Crippen molar-refractivity contribution in [2.75, 3.05) is 13.1 Å². The second-order valence-electron chi connectivity index (χ2n) is 6.83. The zero-order valence-corrected chi connectivity index (χ0v) is 14.9. The number of hydrogen-bond donors (Lipinski definition) is 0. The zero-order valence-electron chi connectivity index (χ0n) is 14.9. The van der Waals surface area contributed by atoms with Crippen LogP contribution in [0.2, 0.25) is 0 Å². The minimum absolute atomic E-state index is 0.216. The summed E-state index contributed by atoms with van der Waals surface area (Å²) in [5, 5.41) is 8.50. The van der Waals surface area contributed by atoms with E-state index in [1.54, 1.807) is 0 Å². The first-order valence-electron chi connectivity index (χ1n) is 9.00. The lowest BCUT2D eigenvalue weighted by Crippen LogP contribution is -2.51. The van der Waals surface area contributed by atoms with Crippen molar-refractivity contribution >= 4 is 5.91 Å². The number of benzene rings is 2. The molecule has 5 nitrogen and oxygen atoms in total. The van der Waals surface area contributed by atoms with E-state index in [9.17, 15) is 4.79 Å². The highest BCUT2D eigenvalue weighted by molar-refractivity contribution is 5.77. The summed E-state index contributed by atoms with van der Waals surface area (Å²) in [6, 6.07) is 18.5. The molecule has 1 aromatic heterocycles. The predicted molar refractivity (Wildman–Crippen MR) is 101 cm³/mol. The Bertz CT molecular complexity index is 897. The molecule has 1 aliphatic heterocycles. The fraction of sp³-hybridized carbons (Fsp3) is 0.286. The van der Waals surface area contributed by atoms with Crippen LogP contribution in [0.25, 0.3) is 11.3 Å². The molecular formula is C21H22N4O. The van der Waals surface area contributed by atoms with E-state index in [1.807, 2.05) is 58.2 Å². The maximum absolute atomic E-state index is 12.4. The van der Waals surface area contributed by atoms with E-state index in [1.165, 1.54) is 11.1 Å². The van der Waals surface area contributed by atoms with Crippen LogP contribution in [0.3, 0.4) is 0 Å². The first-order chi connectivity index (χ1) is 12.7. The van der Waals surface area contributed by atoms with Crippen LogP contribution in [-0.2, 0) is 11.2 Å². The van der Waals surface area contributed by atoms with Gasteiger partial charge < -0.3 is 4.90 Å². The number of nitrogens with zero attached hydrogens (tertiary/aromatic N) is 4. The molecule has 26 heavy (non-hydrogen) atoms. The van der Waals surface area contributed by atoms with Gasteiger partial charge in [-0.25, -0.2) is 4.68 Å². The number of aromatic nitrogens is 3. The van der Waals surface area contributed by atoms with Crippen molar-refractivity contribution in [2.45, 2.75) is 25.8 Å². The van der Waals surface area contributed by atoms with Gasteiger partial charge in [0.05, 0.1) is 12.2 Å². The highest BCUT2D eigenvalue weighted by atomic mass is 16.2. The maximum atomic E-state index is 12.4. The van der Waals surface area contributed by atoms with Crippen LogP contribution in [0.5, 0.6) is 0 Å². The third kappa shape index (κ3) is 3.38. The van der Waals surface area contributed by atoms with Crippen LogP contribution < -0.4 is 0 Å². The molecule has 1 saturated heterocycles. The fourth-order valence-electron chi connectivity index (χ4n) is 3.31. The molecule has 2 heterocycles. The standard InChI is InChI=1S/C21H22N4O/c1-16-7-5-6-8-17(16)11-12-21(26)24-13-19(14-24)25-15-20(22-23-25)18-9-3-2-4-10-18/h2-10,15,19H,11-14H2,1H3. The van der Waals surface area contributed by atoms with E-state index in [-0.39, 0.29) is 11.9 Å². The minimum atomic E-state index is 0.216. The van der Waals surface area contributed by atoms with Gasteiger partial charge in [0.2, 0.25) is 5.91 Å². The summed E-state index contributed by atoms with van der Waals surface area (Å²) < 4.78 is 1.88. The van der Waals surface area contributed by atoms with Gasteiger partial charge in [-0.15, -0.1) is 5.10 Å². The first-order valence-corrected chi connectivity index (χ1v) is 9.00. The lowest BCUT2D eigenvalue weighted by atomic mass is 10.0. The molecule has 0 spiro atoms. The van der Waals surface area contributed by atoms with Crippen molar-refractivity contribution in [1.82, 2.24) is 19.9 Å². The van der Waals surface area contributed by atoms with Gasteiger partial charge in [-0.05, 0) is 24.5 Å². The van der Waals surface area contributed by atoms with E-state index in [2.05, 4.69) is 29.4 Å². The van der Waals surface area contributed by atoms with Gasteiger partial charge >= 0.3 is 0 Å². The van der Waals surface area contributed by atoms with Gasteiger partial charge in [-0.3, -0.25) is 4.79 Å². The Kier molecular flexibility index (Phi) is 4.52. The van der Waals surface area contributed by atoms with Crippen molar-refractivity contribution < 1.29 is 4.79 Å². The molecule has 1 aliphatic rings. The average Bonchev–Trinajstić information content (AvgIpc) is 3.10. The molecule has 0 radical (unpaired) electrons. The molecule has 4 rings (SSSR count). The second kappa shape index (κ2) is 7.12. The van der Waals surface area contributed by atoms with Crippen molar-refractivity contribution in [2.24, 2.45) is 0 Å². The number of rotatable bonds is 5. The molecule has 1 amide bonds. The normalized spacial score (nSPS) is 14.3. The number of likely N-dealkylation sites (tertiary alicyclic amines) is 1. The summed E-state index contributed by atoms with van der Waals surface area (Å²) >= 11 is 0. The van der Waals surface area contributed by atoms with Gasteiger partial charge in [0.1, 0.15) is 5.69 Å². The topological polar surface area (TPSA) is 51.0 Å². The minimum Gasteiger partial charge on any atom is -0.338 e. The lowest BCUT2D eigenvalue weighted by molar-refractivity contribution is -0.137. The van der Waals surface area contributed by atoms with Crippen LogP contribution in [0, 0.1) is 6.92 Å². The van der Waals surface area contributed by atoms with Gasteiger partial charge in [0.15, 0.2) is 0 Å². The smallest absolute Gasteiger partial charge is 0.223 e. The molecular weight excluding hydrogens is 324 g/mol. The van der Waals surface area contributed by atoms with Gasteiger partial charge in [0.25, 0.3) is 0 Å². The predicted octanol–water partition coefficient (Wildman–Crippen LogP) is 3.27. The van der Waals surface area contributed by atoms with Crippen molar-refractivity contribution in [3.63, 3.8) is 0 Å². The Labute approximate surface area is 153 Å². The molecule has 132 valence electrons. The zero-order chi connectivity index (χ0) is 17.9. The van der Waals surface area contributed by atoms with Gasteiger partial charge in [-0.2, -0.15) is 0 Å². The Balaban J connectivity index is 1.31. The molecule has 0 aliphatic carbocycles. The van der Waals surface area contributed by atoms with Crippen LogP contribution in [0.15, 0.2) is 60.8 Å². The number of hydrogen-bond acceptors (Lipinski definition) is 3. The summed E-state index contributed by atoms with van der Waals surface area (Å²) in [7, 11) is 0. The molecule has 0 atom stereocenters. The second-order valence-corrected chi connectivity index (χ2v) is 6.83. The molecule has 3 aromatic rings. The molecule has 0 saturated carbocycles. The molecule has 0 unspecified atom stereocenters. The summed E-state index contributed by atoms with van der Waals surface area (Å²) in [6.45, 7) is 3.52. The van der Waals surface area contributed by atoms with E-state index in [0.717, 1.165) is 17.7 Å². The number of carbonyl (C=O) groups is 1. The summed E-state index contributed by atoms with van der Waals surface area (Å²) in [5.74, 6) is 0.216. The monoisotopic (exact) mass is 346 g/mol. The van der Waals surface area contributed by atoms with Gasteiger partial charge in [-0.1, -0.05) is 59.8 Å². The third-order valence-electron chi connectivity index (χ3n) is 5.04. The Hall–Kier alpha value is -2.95. The Morgan fingerprint density at radius 1 is 1.08 bits per heavy atom. The molecule has 1 fully saturated rings. The third-order valence-corrected chi connectivity index (χ3v) is 5.04.